The molecule has 0 bridgehead atoms. The summed E-state index contributed by atoms with van der Waals surface area (Å²) in [5.74, 6) is -0.360. The fourth-order valence-electron chi connectivity index (χ4n) is 3.93. The third-order valence-corrected chi connectivity index (χ3v) is 5.79. The number of alkyl carbamates (subject to hydrolysis) is 1. The van der Waals surface area contributed by atoms with Gasteiger partial charge in [0.2, 0.25) is 0 Å². The van der Waals surface area contributed by atoms with Crippen LogP contribution in [-0.2, 0) is 17.5 Å². The Balaban J connectivity index is 1.45. The third-order valence-electron chi connectivity index (χ3n) is 5.79. The molecule has 3 aromatic rings. The molecule has 0 saturated heterocycles. The van der Waals surface area contributed by atoms with Gasteiger partial charge in [0.05, 0.1) is 12.7 Å². The lowest BCUT2D eigenvalue weighted by Gasteiger charge is -2.25. The van der Waals surface area contributed by atoms with Crippen LogP contribution in [0.2, 0.25) is 0 Å². The molecule has 0 saturated carbocycles. The van der Waals surface area contributed by atoms with Gasteiger partial charge in [-0.25, -0.2) is 4.79 Å². The molecule has 0 fully saturated rings. The van der Waals surface area contributed by atoms with E-state index in [2.05, 4.69) is 20.3 Å². The lowest BCUT2D eigenvalue weighted by Crippen LogP contribution is -2.33. The van der Waals surface area contributed by atoms with Crippen molar-refractivity contribution in [3.05, 3.63) is 95.2 Å². The van der Waals surface area contributed by atoms with E-state index in [1.54, 1.807) is 24.3 Å². The van der Waals surface area contributed by atoms with Crippen molar-refractivity contribution in [2.45, 2.75) is 12.7 Å². The maximum absolute atomic E-state index is 13.1. The Morgan fingerprint density at radius 2 is 1.78 bits per heavy atom. The number of ether oxygens (including phenoxy) is 1. The molecule has 0 spiro atoms. The normalized spacial score (nSPS) is 12.6. The van der Waals surface area contributed by atoms with Gasteiger partial charge in [0, 0.05) is 37.1 Å². The second-order valence-electron chi connectivity index (χ2n) is 8.19. The third kappa shape index (κ3) is 5.86. The van der Waals surface area contributed by atoms with E-state index in [-0.39, 0.29) is 5.91 Å². The van der Waals surface area contributed by atoms with Gasteiger partial charge < -0.3 is 20.3 Å². The minimum Gasteiger partial charge on any atom is -0.453 e. The van der Waals surface area contributed by atoms with Gasteiger partial charge >= 0.3 is 12.3 Å². The van der Waals surface area contributed by atoms with Crippen molar-refractivity contribution in [3.8, 4) is 11.1 Å². The number of alkyl halides is 3. The molecule has 2 N–H and O–H groups in total. The zero-order chi connectivity index (χ0) is 25.7. The van der Waals surface area contributed by atoms with Gasteiger partial charge in [0.1, 0.15) is 0 Å². The maximum atomic E-state index is 13.1. The van der Waals surface area contributed by atoms with E-state index in [1.165, 1.54) is 19.2 Å². The lowest BCUT2D eigenvalue weighted by molar-refractivity contribution is -0.137. The van der Waals surface area contributed by atoms with Gasteiger partial charge in [-0.15, -0.1) is 0 Å². The molecule has 6 nitrogen and oxygen atoms in total. The monoisotopic (exact) mass is 495 g/mol. The Morgan fingerprint density at radius 1 is 1.03 bits per heavy atom. The number of hydrogen-bond donors (Lipinski definition) is 2. The molecule has 0 aliphatic carbocycles. The van der Waals surface area contributed by atoms with Crippen molar-refractivity contribution in [2.75, 3.05) is 25.5 Å². The number of fused-ring (bicyclic) bond motifs is 1. The minimum atomic E-state index is -4.42. The molecular weight excluding hydrogens is 471 g/mol. The van der Waals surface area contributed by atoms with Crippen molar-refractivity contribution >= 4 is 23.8 Å². The zero-order valence-corrected chi connectivity index (χ0v) is 19.4. The highest BCUT2D eigenvalue weighted by Crippen LogP contribution is 2.32. The summed E-state index contributed by atoms with van der Waals surface area (Å²) in [6.45, 7) is 1.71. The first-order valence-corrected chi connectivity index (χ1v) is 11.2. The van der Waals surface area contributed by atoms with Crippen LogP contribution in [0, 0.1) is 0 Å². The number of benzene rings is 3. The van der Waals surface area contributed by atoms with Gasteiger partial charge in [-0.2, -0.15) is 13.2 Å². The molecule has 1 aliphatic rings. The van der Waals surface area contributed by atoms with Crippen molar-refractivity contribution in [2.24, 2.45) is 0 Å². The summed E-state index contributed by atoms with van der Waals surface area (Å²) < 4.78 is 43.3. The van der Waals surface area contributed by atoms with Crippen LogP contribution in [-0.4, -0.2) is 37.1 Å². The molecule has 0 radical (unpaired) electrons. The fourth-order valence-corrected chi connectivity index (χ4v) is 3.93. The highest BCUT2D eigenvalue weighted by Gasteiger charge is 2.30. The average molecular weight is 496 g/mol. The van der Waals surface area contributed by atoms with Crippen LogP contribution in [0.1, 0.15) is 27.0 Å². The van der Waals surface area contributed by atoms with Crippen molar-refractivity contribution in [1.82, 2.24) is 10.2 Å². The van der Waals surface area contributed by atoms with Crippen LogP contribution in [0.5, 0.6) is 0 Å². The molecule has 36 heavy (non-hydrogen) atoms. The topological polar surface area (TPSA) is 70.7 Å². The maximum Gasteiger partial charge on any atom is 0.416 e. The summed E-state index contributed by atoms with van der Waals surface area (Å²) in [6.07, 6.45) is -1.04. The minimum absolute atomic E-state index is 0.356. The quantitative estimate of drug-likeness (QED) is 0.456. The second kappa shape index (κ2) is 10.6. The highest BCUT2D eigenvalue weighted by molar-refractivity contribution is 6.08. The van der Waals surface area contributed by atoms with Crippen molar-refractivity contribution in [3.63, 3.8) is 0 Å². The van der Waals surface area contributed by atoms with E-state index in [0.717, 1.165) is 23.3 Å². The van der Waals surface area contributed by atoms with Crippen LogP contribution in [0.4, 0.5) is 23.7 Å². The van der Waals surface area contributed by atoms with Crippen LogP contribution < -0.4 is 10.6 Å². The van der Waals surface area contributed by atoms with E-state index >= 15 is 0 Å². The second-order valence-corrected chi connectivity index (χ2v) is 8.19. The number of hydrogen-bond acceptors (Lipinski definition) is 4. The van der Waals surface area contributed by atoms with E-state index in [9.17, 15) is 22.8 Å². The summed E-state index contributed by atoms with van der Waals surface area (Å²) in [6, 6.07) is 17.1. The van der Waals surface area contributed by atoms with Crippen LogP contribution >= 0.6 is 0 Å². The number of carbonyl (C=O) groups excluding carboxylic acids is 2. The molecular formula is C27H24F3N3O3. The fraction of sp³-hybridized carbons (Fsp3) is 0.185. The molecule has 0 aromatic heterocycles. The van der Waals surface area contributed by atoms with Crippen LogP contribution in [0.25, 0.3) is 17.2 Å². The molecule has 1 aliphatic heterocycles. The Labute approximate surface area is 206 Å². The molecule has 3 aromatic carbocycles. The first kappa shape index (κ1) is 24.8. The highest BCUT2D eigenvalue weighted by atomic mass is 19.4. The summed E-state index contributed by atoms with van der Waals surface area (Å²) in [4.78, 5) is 26.3. The number of carbonyl (C=O) groups is 2. The molecule has 186 valence electrons. The molecule has 1 heterocycles. The van der Waals surface area contributed by atoms with Gasteiger partial charge in [0.25, 0.3) is 5.91 Å². The first-order valence-electron chi connectivity index (χ1n) is 11.2. The number of amides is 2. The molecule has 4 rings (SSSR count). The Hall–Kier alpha value is -4.27. The number of methoxy groups -OCH3 is 1. The lowest BCUT2D eigenvalue weighted by atomic mass is 9.98. The van der Waals surface area contributed by atoms with E-state index in [4.69, 9.17) is 0 Å². The van der Waals surface area contributed by atoms with Gasteiger partial charge in [-0.1, -0.05) is 36.4 Å². The SMILES string of the molecule is COC(=O)NCCN1C=Cc2cc(NC(=O)c3ccccc3-c3ccc(C(F)(F)F)cc3)ccc2C1. The number of nitrogens with zero attached hydrogens (tertiary/aromatic N) is 1. The molecule has 0 unspecified atom stereocenters. The van der Waals surface area contributed by atoms with Crippen LogP contribution in [0.15, 0.2) is 72.9 Å². The number of rotatable bonds is 6. The zero-order valence-electron chi connectivity index (χ0n) is 19.4. The molecule has 2 amide bonds. The van der Waals surface area contributed by atoms with E-state index < -0.39 is 17.8 Å². The summed E-state index contributed by atoms with van der Waals surface area (Å²) >= 11 is 0. The Morgan fingerprint density at radius 3 is 2.50 bits per heavy atom. The van der Waals surface area contributed by atoms with Gasteiger partial charge in [0.15, 0.2) is 0 Å². The summed E-state index contributed by atoms with van der Waals surface area (Å²) in [5, 5.41) is 5.53. The average Bonchev–Trinajstić information content (AvgIpc) is 2.88. The number of nitrogens with one attached hydrogen (secondary N) is 2. The number of halogens is 3. The summed E-state index contributed by atoms with van der Waals surface area (Å²) in [5.41, 5.74) is 3.30. The standard InChI is InChI=1S/C27H24F3N3O3/c1-36-26(35)31-13-15-33-14-12-19-16-22(11-8-20(19)17-33)32-25(34)24-5-3-2-4-23(24)18-6-9-21(10-7-18)27(28,29)30/h2-12,14,16H,13,15,17H2,1H3,(H,31,35)(H,32,34). The van der Waals surface area contributed by atoms with Crippen molar-refractivity contribution < 1.29 is 27.5 Å². The van der Waals surface area contributed by atoms with E-state index in [0.29, 0.717) is 42.0 Å². The van der Waals surface area contributed by atoms with Gasteiger partial charge in [-0.05, 0) is 58.7 Å². The predicted octanol–water partition coefficient (Wildman–Crippen LogP) is 5.77. The molecule has 9 heteroatoms. The summed E-state index contributed by atoms with van der Waals surface area (Å²) in [7, 11) is 1.32. The Bertz CT molecular complexity index is 1290. The van der Waals surface area contributed by atoms with Gasteiger partial charge in [-0.3, -0.25) is 4.79 Å². The van der Waals surface area contributed by atoms with Crippen LogP contribution in [0.3, 0.4) is 0 Å². The van der Waals surface area contributed by atoms with Crippen molar-refractivity contribution in [1.29, 1.82) is 0 Å². The molecule has 0 atom stereocenters. The first-order chi connectivity index (χ1) is 17.2. The predicted molar refractivity (Wildman–Crippen MR) is 131 cm³/mol. The largest absolute Gasteiger partial charge is 0.453 e. The Kier molecular flexibility index (Phi) is 7.28. The smallest absolute Gasteiger partial charge is 0.416 e. The number of anilines is 1. The van der Waals surface area contributed by atoms with E-state index in [1.807, 2.05) is 30.5 Å².